The number of likely N-dealkylation sites (N-methyl/N-ethyl adjacent to an activating group) is 1. The fourth-order valence-corrected chi connectivity index (χ4v) is 3.94. The summed E-state index contributed by atoms with van der Waals surface area (Å²) in [5, 5.41) is 2.60. The van der Waals surface area contributed by atoms with Crippen LogP contribution in [0, 0.1) is 12.7 Å². The quantitative estimate of drug-likeness (QED) is 0.463. The molecule has 3 aromatic rings. The second-order valence-corrected chi connectivity index (χ2v) is 9.38. The van der Waals surface area contributed by atoms with E-state index in [1.807, 2.05) is 19.1 Å². The highest BCUT2D eigenvalue weighted by Crippen LogP contribution is 2.29. The highest BCUT2D eigenvalue weighted by molar-refractivity contribution is 7.89. The molecular weight excluding hydrogens is 463 g/mol. The Morgan fingerprint density at radius 1 is 0.971 bits per heavy atom. The van der Waals surface area contributed by atoms with E-state index >= 15 is 0 Å². The molecule has 0 aliphatic rings. The molecule has 0 saturated carbocycles. The van der Waals surface area contributed by atoms with Gasteiger partial charge >= 0.3 is 5.97 Å². The first-order chi connectivity index (χ1) is 16.1. The number of anilines is 1. The minimum absolute atomic E-state index is 0.174. The molecule has 0 atom stereocenters. The van der Waals surface area contributed by atoms with Gasteiger partial charge in [-0.25, -0.2) is 12.8 Å². The third-order valence-electron chi connectivity index (χ3n) is 4.65. The van der Waals surface area contributed by atoms with Crippen molar-refractivity contribution >= 4 is 27.6 Å². The van der Waals surface area contributed by atoms with Gasteiger partial charge in [0.1, 0.15) is 18.1 Å². The monoisotopic (exact) mass is 486 g/mol. The van der Waals surface area contributed by atoms with Crippen LogP contribution >= 0.6 is 0 Å². The van der Waals surface area contributed by atoms with Gasteiger partial charge in [-0.1, -0.05) is 29.8 Å². The number of nitrogens with one attached hydrogen (secondary N) is 1. The summed E-state index contributed by atoms with van der Waals surface area (Å²) in [6.45, 7) is 0.706. The van der Waals surface area contributed by atoms with Crippen LogP contribution in [0.2, 0.25) is 0 Å². The molecule has 1 N–H and O–H groups in total. The predicted octanol–water partition coefficient (Wildman–Crippen LogP) is 3.73. The number of carbonyl (C=O) groups is 2. The second-order valence-electron chi connectivity index (χ2n) is 7.34. The van der Waals surface area contributed by atoms with Crippen molar-refractivity contribution in [2.75, 3.05) is 25.5 Å². The van der Waals surface area contributed by atoms with Gasteiger partial charge in [-0.2, -0.15) is 4.31 Å². The van der Waals surface area contributed by atoms with Gasteiger partial charge in [-0.15, -0.1) is 0 Å². The fourth-order valence-electron chi connectivity index (χ4n) is 2.82. The van der Waals surface area contributed by atoms with Crippen molar-refractivity contribution in [3.8, 4) is 11.5 Å². The van der Waals surface area contributed by atoms with E-state index in [9.17, 15) is 22.4 Å². The van der Waals surface area contributed by atoms with Gasteiger partial charge in [0, 0.05) is 7.05 Å². The molecule has 0 bridgehead atoms. The number of rotatable bonds is 9. The topological polar surface area (TPSA) is 102 Å². The smallest absolute Gasteiger partial charge is 0.321 e. The molecule has 0 spiro atoms. The minimum atomic E-state index is -4.03. The standard InChI is InChI=1S/C24H23FN2O6S/c1-17-7-11-19(12-8-17)33-22-6-4-3-5-21(22)26-23(28)16-32-24(29)15-27(2)34(30,31)20-13-9-18(25)10-14-20/h3-14H,15-16H2,1-2H3,(H,26,28). The number of hydrogen-bond donors (Lipinski definition) is 1. The predicted molar refractivity (Wildman–Crippen MR) is 123 cm³/mol. The molecule has 0 fully saturated rings. The maximum atomic E-state index is 13.0. The average molecular weight is 487 g/mol. The van der Waals surface area contributed by atoms with Crippen LogP contribution in [0.3, 0.4) is 0 Å². The number of carbonyl (C=O) groups excluding carboxylic acids is 2. The van der Waals surface area contributed by atoms with Crippen molar-refractivity contribution in [2.45, 2.75) is 11.8 Å². The van der Waals surface area contributed by atoms with Crippen LogP contribution in [0.1, 0.15) is 5.56 Å². The maximum absolute atomic E-state index is 13.0. The number of esters is 1. The molecule has 0 unspecified atom stereocenters. The van der Waals surface area contributed by atoms with Gasteiger partial charge in [0.05, 0.1) is 10.6 Å². The molecule has 10 heteroatoms. The largest absolute Gasteiger partial charge is 0.455 e. The Balaban J connectivity index is 1.54. The summed E-state index contributed by atoms with van der Waals surface area (Å²) in [6.07, 6.45) is 0. The van der Waals surface area contributed by atoms with Gasteiger partial charge in [0.15, 0.2) is 12.4 Å². The Hall–Kier alpha value is -3.76. The number of halogens is 1. The first-order valence-corrected chi connectivity index (χ1v) is 11.6. The molecule has 0 aliphatic heterocycles. The summed E-state index contributed by atoms with van der Waals surface area (Å²) in [4.78, 5) is 24.2. The molecule has 0 aromatic heterocycles. The number of benzene rings is 3. The zero-order valence-corrected chi connectivity index (χ0v) is 19.3. The Kier molecular flexibility index (Phi) is 7.98. The van der Waals surface area contributed by atoms with Crippen LogP contribution in [0.5, 0.6) is 11.5 Å². The van der Waals surface area contributed by atoms with Crippen molar-refractivity contribution in [1.82, 2.24) is 4.31 Å². The molecule has 0 saturated heterocycles. The summed E-state index contributed by atoms with van der Waals surface area (Å²) >= 11 is 0. The Morgan fingerprint density at radius 2 is 1.62 bits per heavy atom. The second kappa shape index (κ2) is 10.9. The summed E-state index contributed by atoms with van der Waals surface area (Å²) in [5.41, 5.74) is 1.45. The number of nitrogens with zero attached hydrogens (tertiary/aromatic N) is 1. The Labute approximate surface area is 197 Å². The van der Waals surface area contributed by atoms with E-state index in [1.165, 1.54) is 7.05 Å². The highest BCUT2D eigenvalue weighted by atomic mass is 32.2. The third-order valence-corrected chi connectivity index (χ3v) is 6.47. The lowest BCUT2D eigenvalue weighted by atomic mass is 10.2. The van der Waals surface area contributed by atoms with Crippen LogP contribution in [0.25, 0.3) is 0 Å². The molecule has 34 heavy (non-hydrogen) atoms. The van der Waals surface area contributed by atoms with Gasteiger partial charge in [-0.3, -0.25) is 9.59 Å². The number of amides is 1. The number of ether oxygens (including phenoxy) is 2. The number of aryl methyl sites for hydroxylation is 1. The van der Waals surface area contributed by atoms with Crippen molar-refractivity contribution < 1.29 is 31.9 Å². The molecule has 1 amide bonds. The lowest BCUT2D eigenvalue weighted by Gasteiger charge is -2.16. The fraction of sp³-hybridized carbons (Fsp3) is 0.167. The van der Waals surface area contributed by atoms with Gasteiger partial charge in [-0.05, 0) is 55.5 Å². The van der Waals surface area contributed by atoms with E-state index in [-0.39, 0.29) is 4.90 Å². The summed E-state index contributed by atoms with van der Waals surface area (Å²) in [5.74, 6) is -1.15. The highest BCUT2D eigenvalue weighted by Gasteiger charge is 2.24. The van der Waals surface area contributed by atoms with Crippen LogP contribution in [0.4, 0.5) is 10.1 Å². The molecule has 0 aliphatic carbocycles. The Bertz CT molecular complexity index is 1260. The van der Waals surface area contributed by atoms with Crippen LogP contribution in [0.15, 0.2) is 77.7 Å². The van der Waals surface area contributed by atoms with Crippen LogP contribution in [-0.2, 0) is 24.3 Å². The number of hydrogen-bond acceptors (Lipinski definition) is 6. The first kappa shape index (κ1) is 24.9. The zero-order chi connectivity index (χ0) is 24.7. The molecule has 0 radical (unpaired) electrons. The van der Waals surface area contributed by atoms with Gasteiger partial charge in [0.2, 0.25) is 10.0 Å². The van der Waals surface area contributed by atoms with Crippen molar-refractivity contribution in [1.29, 1.82) is 0 Å². The summed E-state index contributed by atoms with van der Waals surface area (Å²) < 4.78 is 49.4. The van der Waals surface area contributed by atoms with Crippen molar-refractivity contribution in [3.63, 3.8) is 0 Å². The lowest BCUT2D eigenvalue weighted by Crippen LogP contribution is -2.34. The Morgan fingerprint density at radius 3 is 2.29 bits per heavy atom. The van der Waals surface area contributed by atoms with Crippen molar-refractivity contribution in [3.05, 3.63) is 84.2 Å². The van der Waals surface area contributed by atoms with E-state index in [0.29, 0.717) is 17.2 Å². The molecule has 178 valence electrons. The first-order valence-electron chi connectivity index (χ1n) is 10.2. The van der Waals surface area contributed by atoms with Crippen LogP contribution in [-0.4, -0.2) is 44.8 Å². The maximum Gasteiger partial charge on any atom is 0.321 e. The number of para-hydroxylation sites is 2. The third kappa shape index (κ3) is 6.63. The van der Waals surface area contributed by atoms with Gasteiger partial charge < -0.3 is 14.8 Å². The molecular formula is C24H23FN2O6S. The molecule has 0 heterocycles. The molecule has 3 aromatic carbocycles. The minimum Gasteiger partial charge on any atom is -0.455 e. The van der Waals surface area contributed by atoms with E-state index in [4.69, 9.17) is 9.47 Å². The van der Waals surface area contributed by atoms with E-state index < -0.39 is 40.9 Å². The van der Waals surface area contributed by atoms with Gasteiger partial charge in [0.25, 0.3) is 5.91 Å². The molecule has 3 rings (SSSR count). The van der Waals surface area contributed by atoms with E-state index in [0.717, 1.165) is 34.1 Å². The summed E-state index contributed by atoms with van der Waals surface area (Å²) in [6, 6.07) is 18.3. The average Bonchev–Trinajstić information content (AvgIpc) is 2.80. The lowest BCUT2D eigenvalue weighted by molar-refractivity contribution is -0.147. The zero-order valence-electron chi connectivity index (χ0n) is 18.5. The van der Waals surface area contributed by atoms with E-state index in [2.05, 4.69) is 5.32 Å². The normalized spacial score (nSPS) is 11.2. The SMILES string of the molecule is Cc1ccc(Oc2ccccc2NC(=O)COC(=O)CN(C)S(=O)(=O)c2ccc(F)cc2)cc1. The van der Waals surface area contributed by atoms with E-state index in [1.54, 1.807) is 36.4 Å². The number of sulfonamides is 1. The summed E-state index contributed by atoms with van der Waals surface area (Å²) in [7, 11) is -2.85. The van der Waals surface area contributed by atoms with Crippen LogP contribution < -0.4 is 10.1 Å². The van der Waals surface area contributed by atoms with Crippen molar-refractivity contribution in [2.24, 2.45) is 0 Å². The molecule has 8 nitrogen and oxygen atoms in total.